The van der Waals surface area contributed by atoms with Gasteiger partial charge in [0.05, 0.1) is 30.8 Å². The molecule has 122 valence electrons. The van der Waals surface area contributed by atoms with Crippen LogP contribution in [-0.4, -0.2) is 46.9 Å². The zero-order valence-electron chi connectivity index (χ0n) is 12.7. The van der Waals surface area contributed by atoms with Gasteiger partial charge in [-0.25, -0.2) is 4.98 Å². The maximum absolute atomic E-state index is 10.8. The fourth-order valence-corrected chi connectivity index (χ4v) is 2.41. The van der Waals surface area contributed by atoms with E-state index in [1.807, 2.05) is 13.8 Å². The second-order valence-corrected chi connectivity index (χ2v) is 4.75. The molecular weight excluding hydrogens is 292 g/mol. The third-order valence-electron chi connectivity index (χ3n) is 3.18. The van der Waals surface area contributed by atoms with Crippen LogP contribution >= 0.6 is 0 Å². The highest BCUT2D eigenvalue weighted by Crippen LogP contribution is 2.24. The van der Waals surface area contributed by atoms with Gasteiger partial charge in [0, 0.05) is 13.2 Å². The van der Waals surface area contributed by atoms with E-state index < -0.39 is 10.7 Å². The molecule has 1 aromatic rings. The topological polar surface area (TPSA) is 103 Å². The minimum Gasteiger partial charge on any atom is -0.447 e. The molecular formula is C13H20N4O5. The largest absolute Gasteiger partial charge is 0.447 e. The summed E-state index contributed by atoms with van der Waals surface area (Å²) in [6.45, 7) is 5.73. The van der Waals surface area contributed by atoms with Gasteiger partial charge in [-0.05, 0) is 13.8 Å². The third-order valence-corrected chi connectivity index (χ3v) is 3.18. The van der Waals surface area contributed by atoms with Gasteiger partial charge in [-0.15, -0.1) is 0 Å². The summed E-state index contributed by atoms with van der Waals surface area (Å²) in [6, 6.07) is 0. The highest BCUT2D eigenvalue weighted by atomic mass is 16.7. The first-order valence-electron chi connectivity index (χ1n) is 7.08. The minimum atomic E-state index is -0.850. The van der Waals surface area contributed by atoms with Crippen LogP contribution in [0.25, 0.3) is 0 Å². The molecule has 1 N–H and O–H groups in total. The Hall–Kier alpha value is -2.13. The molecule has 1 aliphatic rings. The molecule has 0 bridgehead atoms. The molecule has 0 aromatic carbocycles. The van der Waals surface area contributed by atoms with Gasteiger partial charge in [0.25, 0.3) is 6.20 Å². The van der Waals surface area contributed by atoms with Crippen LogP contribution in [-0.2, 0) is 16.0 Å². The summed E-state index contributed by atoms with van der Waals surface area (Å²) in [5, 5.41) is 13.8. The number of nitrogens with zero attached hydrogens (tertiary/aromatic N) is 3. The predicted molar refractivity (Wildman–Crippen MR) is 76.0 cm³/mol. The Labute approximate surface area is 128 Å². The summed E-state index contributed by atoms with van der Waals surface area (Å²) in [6.07, 6.45) is 3.82. The van der Waals surface area contributed by atoms with Crippen LogP contribution in [0.5, 0.6) is 0 Å². The Morgan fingerprint density at radius 1 is 1.55 bits per heavy atom. The summed E-state index contributed by atoms with van der Waals surface area (Å²) in [7, 11) is 0. The first-order valence-corrected chi connectivity index (χ1v) is 7.08. The summed E-state index contributed by atoms with van der Waals surface area (Å²) >= 11 is 0. The molecule has 1 saturated heterocycles. The van der Waals surface area contributed by atoms with Gasteiger partial charge in [0.2, 0.25) is 5.79 Å². The monoisotopic (exact) mass is 312 g/mol. The Morgan fingerprint density at radius 3 is 2.82 bits per heavy atom. The van der Waals surface area contributed by atoms with Crippen molar-refractivity contribution < 1.29 is 18.8 Å². The Balaban J connectivity index is 2.21. The summed E-state index contributed by atoms with van der Waals surface area (Å²) in [4.78, 5) is 15.9. The van der Waals surface area contributed by atoms with Crippen molar-refractivity contribution >= 4 is 0 Å². The molecule has 9 heteroatoms. The molecule has 0 unspecified atom stereocenters. The lowest BCUT2D eigenvalue weighted by molar-refractivity contribution is -0.405. The number of hydrogen-bond acceptors (Lipinski definition) is 8. The average molecular weight is 312 g/mol. The van der Waals surface area contributed by atoms with Gasteiger partial charge in [0.1, 0.15) is 5.76 Å². The lowest BCUT2D eigenvalue weighted by Gasteiger charge is -2.43. The van der Waals surface area contributed by atoms with E-state index in [1.165, 1.54) is 6.39 Å². The second kappa shape index (κ2) is 7.23. The highest BCUT2D eigenvalue weighted by molar-refractivity contribution is 5.05. The lowest BCUT2D eigenvalue weighted by Crippen LogP contribution is -2.59. The average Bonchev–Trinajstić information content (AvgIpc) is 2.95. The van der Waals surface area contributed by atoms with Crippen molar-refractivity contribution in [2.24, 2.45) is 0 Å². The normalized spacial score (nSPS) is 19.2. The van der Waals surface area contributed by atoms with Crippen LogP contribution in [0.15, 0.2) is 29.0 Å². The van der Waals surface area contributed by atoms with Crippen molar-refractivity contribution in [3.8, 4) is 0 Å². The molecule has 0 amide bonds. The van der Waals surface area contributed by atoms with Crippen LogP contribution in [0.3, 0.4) is 0 Å². The molecule has 1 fully saturated rings. The van der Waals surface area contributed by atoms with Crippen molar-refractivity contribution in [1.29, 1.82) is 0 Å². The molecule has 2 rings (SSSR count). The lowest BCUT2D eigenvalue weighted by atomic mass is 10.2. The zero-order chi connectivity index (χ0) is 16.0. The number of hydrogen-bond donors (Lipinski definition) is 1. The SMILES string of the molecule is CCOC1(OCC)CNC(=C[N+](=O)[O-])N(Cc2cnco2)C1. The van der Waals surface area contributed by atoms with Crippen LogP contribution in [0.4, 0.5) is 0 Å². The van der Waals surface area contributed by atoms with Gasteiger partial charge in [-0.2, -0.15) is 0 Å². The molecule has 0 spiro atoms. The number of aromatic nitrogens is 1. The number of nitro groups is 1. The molecule has 0 saturated carbocycles. The van der Waals surface area contributed by atoms with Crippen LogP contribution < -0.4 is 5.32 Å². The van der Waals surface area contributed by atoms with Gasteiger partial charge < -0.3 is 24.1 Å². The smallest absolute Gasteiger partial charge is 0.274 e. The maximum atomic E-state index is 10.8. The fourth-order valence-electron chi connectivity index (χ4n) is 2.41. The standard InChI is InChI=1S/C13H20N4O5/c1-3-21-13(22-4-2)8-15-12(7-17(18)19)16(9-13)6-11-5-14-10-20-11/h5,7,10,15H,3-4,6,8-9H2,1-2H3. The molecule has 1 aromatic heterocycles. The van der Waals surface area contributed by atoms with E-state index in [9.17, 15) is 10.1 Å². The molecule has 0 aliphatic carbocycles. The number of oxazole rings is 1. The third kappa shape index (κ3) is 3.95. The van der Waals surface area contributed by atoms with Gasteiger partial charge in [-0.3, -0.25) is 10.1 Å². The zero-order valence-corrected chi connectivity index (χ0v) is 12.7. The van der Waals surface area contributed by atoms with Crippen molar-refractivity contribution in [3.63, 3.8) is 0 Å². The summed E-state index contributed by atoms with van der Waals surface area (Å²) in [5.74, 6) is 0.133. The van der Waals surface area contributed by atoms with Crippen LogP contribution in [0.1, 0.15) is 19.6 Å². The first kappa shape index (κ1) is 16.2. The maximum Gasteiger partial charge on any atom is 0.274 e. The summed E-state index contributed by atoms with van der Waals surface area (Å²) < 4.78 is 16.7. The van der Waals surface area contributed by atoms with E-state index in [0.29, 0.717) is 44.4 Å². The van der Waals surface area contributed by atoms with Gasteiger partial charge >= 0.3 is 0 Å². The first-order chi connectivity index (χ1) is 10.6. The molecule has 2 heterocycles. The Kier molecular flexibility index (Phi) is 5.34. The van der Waals surface area contributed by atoms with Crippen LogP contribution in [0, 0.1) is 10.1 Å². The highest BCUT2D eigenvalue weighted by Gasteiger charge is 2.40. The van der Waals surface area contributed by atoms with Crippen molar-refractivity contribution in [2.45, 2.75) is 26.2 Å². The Morgan fingerprint density at radius 2 is 2.27 bits per heavy atom. The molecule has 1 aliphatic heterocycles. The van der Waals surface area contributed by atoms with E-state index in [2.05, 4.69) is 10.3 Å². The predicted octanol–water partition coefficient (Wildman–Crippen LogP) is 0.925. The van der Waals surface area contributed by atoms with Gasteiger partial charge in [0.15, 0.2) is 12.2 Å². The molecule has 22 heavy (non-hydrogen) atoms. The van der Waals surface area contributed by atoms with Crippen molar-refractivity contribution in [2.75, 3.05) is 26.3 Å². The van der Waals surface area contributed by atoms with E-state index in [0.717, 1.165) is 6.20 Å². The van der Waals surface area contributed by atoms with E-state index in [1.54, 1.807) is 11.1 Å². The summed E-state index contributed by atoms with van der Waals surface area (Å²) in [5.41, 5.74) is 0. The number of rotatable bonds is 7. The van der Waals surface area contributed by atoms with E-state index >= 15 is 0 Å². The van der Waals surface area contributed by atoms with E-state index in [4.69, 9.17) is 13.9 Å². The number of ether oxygens (including phenoxy) is 2. The van der Waals surface area contributed by atoms with Crippen molar-refractivity contribution in [1.82, 2.24) is 15.2 Å². The number of nitrogens with one attached hydrogen (secondary N) is 1. The molecule has 0 atom stereocenters. The van der Waals surface area contributed by atoms with Crippen LogP contribution in [0.2, 0.25) is 0 Å². The van der Waals surface area contributed by atoms with E-state index in [-0.39, 0.29) is 0 Å². The second-order valence-electron chi connectivity index (χ2n) is 4.75. The fraction of sp³-hybridized carbons (Fsp3) is 0.615. The van der Waals surface area contributed by atoms with Gasteiger partial charge in [-0.1, -0.05) is 0 Å². The molecule has 9 nitrogen and oxygen atoms in total. The Bertz CT molecular complexity index is 511. The van der Waals surface area contributed by atoms with Crippen molar-refractivity contribution in [3.05, 3.63) is 40.5 Å². The quantitative estimate of drug-likeness (QED) is 0.450. The minimum absolute atomic E-state index is 0.328. The molecule has 0 radical (unpaired) electrons.